The van der Waals surface area contributed by atoms with Gasteiger partial charge in [0.05, 0.1) is 21.9 Å². The molecule has 1 aliphatic rings. The van der Waals surface area contributed by atoms with Gasteiger partial charge in [0, 0.05) is 30.5 Å². The van der Waals surface area contributed by atoms with E-state index >= 15 is 0 Å². The van der Waals surface area contributed by atoms with Gasteiger partial charge in [0.15, 0.2) is 5.78 Å². The lowest BCUT2D eigenvalue weighted by Gasteiger charge is -2.10. The molecule has 2 N–H and O–H groups in total. The number of thioether (sulfide) groups is 1. The topological polar surface area (TPSA) is 88.2 Å². The van der Waals surface area contributed by atoms with Crippen LogP contribution in [0.15, 0.2) is 53.6 Å². The average molecular weight is 466 g/mol. The highest BCUT2D eigenvalue weighted by molar-refractivity contribution is 7.99. The van der Waals surface area contributed by atoms with Gasteiger partial charge in [-0.2, -0.15) is 0 Å². The molecule has 0 aliphatic heterocycles. The van der Waals surface area contributed by atoms with Crippen molar-refractivity contribution in [2.75, 3.05) is 12.3 Å². The van der Waals surface area contributed by atoms with Crippen molar-refractivity contribution in [2.45, 2.75) is 37.3 Å². The number of halogens is 1. The van der Waals surface area contributed by atoms with E-state index in [1.54, 1.807) is 18.2 Å². The predicted octanol–water partition coefficient (Wildman–Crippen LogP) is 3.92. The van der Waals surface area contributed by atoms with Gasteiger partial charge in [0.2, 0.25) is 5.91 Å². The van der Waals surface area contributed by atoms with Gasteiger partial charge < -0.3 is 10.6 Å². The van der Waals surface area contributed by atoms with Crippen molar-refractivity contribution in [1.29, 1.82) is 0 Å². The maximum Gasteiger partial charge on any atom is 0.252 e. The van der Waals surface area contributed by atoms with Crippen LogP contribution < -0.4 is 10.6 Å². The number of pyridine rings is 1. The highest BCUT2D eigenvalue weighted by Crippen LogP contribution is 2.26. The van der Waals surface area contributed by atoms with E-state index in [1.807, 2.05) is 24.3 Å². The van der Waals surface area contributed by atoms with E-state index in [1.165, 1.54) is 24.8 Å². The van der Waals surface area contributed by atoms with Gasteiger partial charge in [-0.25, -0.2) is 9.37 Å². The standard InChI is InChI=1S/C25H24FN3O3S/c1-15(30)27-11-10-16-6-7-17(12-21(16)26)23(31)14-33-24-13-20(25(32)28-18-8-9-18)19-4-2-3-5-22(19)29-24/h2-7,12-13,18H,8-11,14H2,1H3,(H,27,30)(H,28,32). The second-order valence-electron chi connectivity index (χ2n) is 8.02. The number of nitrogens with zero attached hydrogens (tertiary/aromatic N) is 1. The Labute approximate surface area is 195 Å². The summed E-state index contributed by atoms with van der Waals surface area (Å²) in [6.45, 7) is 1.74. The number of ketones is 1. The predicted molar refractivity (Wildman–Crippen MR) is 126 cm³/mol. The first-order valence-electron chi connectivity index (χ1n) is 10.8. The third kappa shape index (κ3) is 5.96. The summed E-state index contributed by atoms with van der Waals surface area (Å²) >= 11 is 1.22. The molecule has 0 atom stereocenters. The van der Waals surface area contributed by atoms with E-state index in [2.05, 4.69) is 15.6 Å². The van der Waals surface area contributed by atoms with E-state index in [4.69, 9.17) is 0 Å². The number of para-hydroxylation sites is 1. The van der Waals surface area contributed by atoms with Crippen molar-refractivity contribution in [3.63, 3.8) is 0 Å². The summed E-state index contributed by atoms with van der Waals surface area (Å²) in [5, 5.41) is 6.96. The fraction of sp³-hybridized carbons (Fsp3) is 0.280. The zero-order valence-corrected chi connectivity index (χ0v) is 19.0. The van der Waals surface area contributed by atoms with Crippen molar-refractivity contribution in [3.8, 4) is 0 Å². The van der Waals surface area contributed by atoms with Crippen LogP contribution in [0, 0.1) is 5.82 Å². The van der Waals surface area contributed by atoms with Crippen LogP contribution in [0.25, 0.3) is 10.9 Å². The highest BCUT2D eigenvalue weighted by atomic mass is 32.2. The van der Waals surface area contributed by atoms with Gasteiger partial charge in [-0.1, -0.05) is 42.1 Å². The first-order valence-corrected chi connectivity index (χ1v) is 11.8. The molecule has 1 aliphatic carbocycles. The smallest absolute Gasteiger partial charge is 0.252 e. The number of rotatable bonds is 9. The zero-order chi connectivity index (χ0) is 23.4. The lowest BCUT2D eigenvalue weighted by molar-refractivity contribution is -0.118. The van der Waals surface area contributed by atoms with Crippen LogP contribution in [-0.2, 0) is 11.2 Å². The van der Waals surface area contributed by atoms with Gasteiger partial charge in [-0.05, 0) is 43.0 Å². The molecule has 0 unspecified atom stereocenters. The Morgan fingerprint density at radius 2 is 1.91 bits per heavy atom. The largest absolute Gasteiger partial charge is 0.356 e. The third-order valence-electron chi connectivity index (χ3n) is 5.34. The molecule has 8 heteroatoms. The number of hydrogen-bond donors (Lipinski definition) is 2. The van der Waals surface area contributed by atoms with Crippen LogP contribution in [-0.4, -0.2) is 40.9 Å². The summed E-state index contributed by atoms with van der Waals surface area (Å²) in [6, 6.07) is 13.8. The monoisotopic (exact) mass is 465 g/mol. The first-order chi connectivity index (χ1) is 15.9. The fourth-order valence-corrected chi connectivity index (χ4v) is 4.23. The molecular weight excluding hydrogens is 441 g/mol. The number of fused-ring (bicyclic) bond motifs is 1. The Bertz CT molecular complexity index is 1230. The minimum absolute atomic E-state index is 0.0691. The number of hydrogen-bond acceptors (Lipinski definition) is 5. The van der Waals surface area contributed by atoms with Crippen LogP contribution in [0.4, 0.5) is 4.39 Å². The van der Waals surface area contributed by atoms with Crippen LogP contribution in [0.2, 0.25) is 0 Å². The molecular formula is C25H24FN3O3S. The molecule has 0 radical (unpaired) electrons. The van der Waals surface area contributed by atoms with Gasteiger partial charge in [0.25, 0.3) is 5.91 Å². The van der Waals surface area contributed by atoms with Crippen molar-refractivity contribution in [2.24, 2.45) is 0 Å². The summed E-state index contributed by atoms with van der Waals surface area (Å²) in [5.74, 6) is -0.944. The quantitative estimate of drug-likeness (QED) is 0.369. The van der Waals surface area contributed by atoms with Crippen molar-refractivity contribution in [3.05, 3.63) is 71.0 Å². The van der Waals surface area contributed by atoms with Gasteiger partial charge >= 0.3 is 0 Å². The molecule has 4 rings (SSSR count). The molecule has 170 valence electrons. The Balaban J connectivity index is 1.45. The minimum Gasteiger partial charge on any atom is -0.356 e. The molecule has 0 spiro atoms. The fourth-order valence-electron chi connectivity index (χ4n) is 3.42. The maximum absolute atomic E-state index is 14.4. The van der Waals surface area contributed by atoms with Crippen molar-refractivity contribution in [1.82, 2.24) is 15.6 Å². The lowest BCUT2D eigenvalue weighted by Crippen LogP contribution is -2.25. The molecule has 1 heterocycles. The van der Waals surface area contributed by atoms with Crippen LogP contribution in [0.3, 0.4) is 0 Å². The second kappa shape index (κ2) is 10.1. The van der Waals surface area contributed by atoms with E-state index < -0.39 is 5.82 Å². The molecule has 0 saturated heterocycles. The number of amides is 2. The molecule has 1 saturated carbocycles. The molecule has 3 aromatic rings. The number of carbonyl (C=O) groups is 3. The van der Waals surface area contributed by atoms with Crippen LogP contribution in [0.5, 0.6) is 0 Å². The van der Waals surface area contributed by atoms with Crippen LogP contribution >= 0.6 is 11.8 Å². The highest BCUT2D eigenvalue weighted by Gasteiger charge is 2.25. The third-order valence-corrected chi connectivity index (χ3v) is 6.26. The Hall–Kier alpha value is -3.26. The summed E-state index contributed by atoms with van der Waals surface area (Å²) in [6.07, 6.45) is 2.34. The van der Waals surface area contributed by atoms with Gasteiger partial charge in [-0.3, -0.25) is 14.4 Å². The Morgan fingerprint density at radius 1 is 1.12 bits per heavy atom. The summed E-state index contributed by atoms with van der Waals surface area (Å²) in [4.78, 5) is 40.9. The molecule has 1 fully saturated rings. The summed E-state index contributed by atoms with van der Waals surface area (Å²) < 4.78 is 14.4. The lowest BCUT2D eigenvalue weighted by atomic mass is 10.1. The molecule has 6 nitrogen and oxygen atoms in total. The van der Waals surface area contributed by atoms with E-state index in [9.17, 15) is 18.8 Å². The van der Waals surface area contributed by atoms with Crippen molar-refractivity contribution < 1.29 is 18.8 Å². The summed E-state index contributed by atoms with van der Waals surface area (Å²) in [5.41, 5.74) is 1.94. The Morgan fingerprint density at radius 3 is 2.64 bits per heavy atom. The number of benzene rings is 2. The average Bonchev–Trinajstić information content (AvgIpc) is 3.61. The molecule has 1 aromatic heterocycles. The number of Topliss-reactive ketones (excluding diaryl/α,β-unsaturated/α-hetero) is 1. The normalized spacial score (nSPS) is 13.0. The number of carbonyl (C=O) groups excluding carboxylic acids is 3. The zero-order valence-electron chi connectivity index (χ0n) is 18.2. The molecule has 2 amide bonds. The van der Waals surface area contributed by atoms with E-state index in [0.717, 1.165) is 18.2 Å². The maximum atomic E-state index is 14.4. The van der Waals surface area contributed by atoms with Crippen LogP contribution in [0.1, 0.15) is 46.0 Å². The Kier molecular flexibility index (Phi) is 7.03. The first kappa shape index (κ1) is 22.9. The molecule has 0 bridgehead atoms. The molecule has 2 aromatic carbocycles. The molecule has 33 heavy (non-hydrogen) atoms. The number of nitrogens with one attached hydrogen (secondary N) is 2. The van der Waals surface area contributed by atoms with E-state index in [-0.39, 0.29) is 35.0 Å². The summed E-state index contributed by atoms with van der Waals surface area (Å²) in [7, 11) is 0. The SMILES string of the molecule is CC(=O)NCCc1ccc(C(=O)CSc2cc(C(=O)NC3CC3)c3ccccc3n2)cc1F. The number of aromatic nitrogens is 1. The second-order valence-corrected chi connectivity index (χ2v) is 9.02. The van der Waals surface area contributed by atoms with Gasteiger partial charge in [0.1, 0.15) is 5.82 Å². The van der Waals surface area contributed by atoms with Crippen molar-refractivity contribution >= 4 is 40.3 Å². The minimum atomic E-state index is -0.473. The van der Waals surface area contributed by atoms with E-state index in [0.29, 0.717) is 34.6 Å². The van der Waals surface area contributed by atoms with Gasteiger partial charge in [-0.15, -0.1) is 0 Å².